The summed E-state index contributed by atoms with van der Waals surface area (Å²) in [5.74, 6) is 0.0839. The minimum Gasteiger partial charge on any atom is -0.329 e. The number of carbonyl (C=O) groups excluding carboxylic acids is 1. The number of hydrogen-bond donors (Lipinski definition) is 1. The molecule has 1 aliphatic rings. The number of benzene rings is 1. The lowest BCUT2D eigenvalue weighted by Gasteiger charge is -2.36. The number of rotatable bonds is 3. The van der Waals surface area contributed by atoms with E-state index in [9.17, 15) is 4.79 Å². The molecule has 1 atom stereocenters. The first-order valence-corrected chi connectivity index (χ1v) is 9.33. The lowest BCUT2D eigenvalue weighted by Crippen LogP contribution is -2.48. The van der Waals surface area contributed by atoms with Crippen molar-refractivity contribution in [2.75, 3.05) is 19.6 Å². The maximum atomic E-state index is 13.5. The van der Waals surface area contributed by atoms with Crippen LogP contribution in [0.4, 0.5) is 0 Å². The molecule has 1 amide bonds. The third-order valence-electron chi connectivity index (χ3n) is 5.25. The van der Waals surface area contributed by atoms with Gasteiger partial charge in [-0.25, -0.2) is 0 Å². The molecule has 5 heteroatoms. The highest BCUT2D eigenvalue weighted by Gasteiger charge is 2.30. The van der Waals surface area contributed by atoms with Crippen molar-refractivity contribution >= 4 is 5.91 Å². The number of para-hydroxylation sites is 1. The molecule has 3 aromatic rings. The highest BCUT2D eigenvalue weighted by atomic mass is 16.2. The van der Waals surface area contributed by atoms with Crippen LogP contribution in [-0.2, 0) is 0 Å². The second-order valence-corrected chi connectivity index (χ2v) is 6.96. The van der Waals surface area contributed by atoms with Crippen molar-refractivity contribution in [1.29, 1.82) is 0 Å². The minimum absolute atomic E-state index is 0.000249. The monoisotopic (exact) mass is 360 g/mol. The predicted octanol–water partition coefficient (Wildman–Crippen LogP) is 3.28. The third kappa shape index (κ3) is 3.26. The number of pyridine rings is 1. The van der Waals surface area contributed by atoms with Crippen LogP contribution in [0.1, 0.15) is 33.4 Å². The summed E-state index contributed by atoms with van der Waals surface area (Å²) in [5.41, 5.74) is 4.96. The maximum Gasteiger partial charge on any atom is 0.256 e. The first kappa shape index (κ1) is 17.5. The summed E-state index contributed by atoms with van der Waals surface area (Å²) >= 11 is 0. The second kappa shape index (κ2) is 7.37. The van der Waals surface area contributed by atoms with Crippen molar-refractivity contribution in [3.63, 3.8) is 0 Å². The summed E-state index contributed by atoms with van der Waals surface area (Å²) in [5, 5.41) is 3.40. The van der Waals surface area contributed by atoms with E-state index in [4.69, 9.17) is 0 Å². The Bertz CT molecular complexity index is 934. The first-order chi connectivity index (χ1) is 13.2. The van der Waals surface area contributed by atoms with E-state index in [1.807, 2.05) is 61.3 Å². The van der Waals surface area contributed by atoms with E-state index in [1.54, 1.807) is 6.20 Å². The molecule has 1 N–H and O–H groups in total. The summed E-state index contributed by atoms with van der Waals surface area (Å²) in [4.78, 5) is 19.7. The molecule has 4 rings (SSSR count). The number of carbonyl (C=O) groups is 1. The van der Waals surface area contributed by atoms with E-state index in [0.29, 0.717) is 6.54 Å². The van der Waals surface area contributed by atoms with Crippen LogP contribution in [0.3, 0.4) is 0 Å². The lowest BCUT2D eigenvalue weighted by atomic mass is 10.0. The van der Waals surface area contributed by atoms with Gasteiger partial charge in [0, 0.05) is 49.1 Å². The molecule has 1 fully saturated rings. The van der Waals surface area contributed by atoms with E-state index in [2.05, 4.69) is 27.0 Å². The van der Waals surface area contributed by atoms with Gasteiger partial charge >= 0.3 is 0 Å². The van der Waals surface area contributed by atoms with Gasteiger partial charge in [-0.15, -0.1) is 0 Å². The molecule has 3 heterocycles. The van der Waals surface area contributed by atoms with Crippen LogP contribution in [0.25, 0.3) is 5.69 Å². The van der Waals surface area contributed by atoms with E-state index in [-0.39, 0.29) is 11.9 Å². The zero-order valence-corrected chi connectivity index (χ0v) is 15.7. The molecular weight excluding hydrogens is 336 g/mol. The molecule has 1 aromatic carbocycles. The summed E-state index contributed by atoms with van der Waals surface area (Å²) in [6.45, 7) is 6.31. The molecule has 1 unspecified atom stereocenters. The van der Waals surface area contributed by atoms with Crippen LogP contribution in [-0.4, -0.2) is 40.0 Å². The first-order valence-electron chi connectivity index (χ1n) is 9.33. The Morgan fingerprint density at radius 1 is 1.15 bits per heavy atom. The van der Waals surface area contributed by atoms with Crippen molar-refractivity contribution in [3.8, 4) is 5.69 Å². The number of piperazine rings is 1. The number of aromatic nitrogens is 2. The Morgan fingerprint density at radius 2 is 1.96 bits per heavy atom. The second-order valence-electron chi connectivity index (χ2n) is 6.96. The fourth-order valence-electron chi connectivity index (χ4n) is 3.93. The molecule has 138 valence electrons. The van der Waals surface area contributed by atoms with Crippen LogP contribution in [0.5, 0.6) is 0 Å². The Balaban J connectivity index is 1.70. The number of aryl methyl sites for hydroxylation is 1. The van der Waals surface area contributed by atoms with Gasteiger partial charge in [0.15, 0.2) is 0 Å². The molecule has 5 nitrogen and oxygen atoms in total. The number of amides is 1. The van der Waals surface area contributed by atoms with Crippen molar-refractivity contribution < 1.29 is 4.79 Å². The quantitative estimate of drug-likeness (QED) is 0.780. The zero-order valence-electron chi connectivity index (χ0n) is 15.7. The fraction of sp³-hybridized carbons (Fsp3) is 0.273. The van der Waals surface area contributed by atoms with Crippen molar-refractivity contribution in [1.82, 2.24) is 19.8 Å². The molecule has 0 radical (unpaired) electrons. The fourth-order valence-corrected chi connectivity index (χ4v) is 3.93. The zero-order chi connectivity index (χ0) is 18.8. The minimum atomic E-state index is -0.000249. The molecule has 0 saturated carbocycles. The molecule has 1 aliphatic heterocycles. The third-order valence-corrected chi connectivity index (χ3v) is 5.25. The molecule has 0 aliphatic carbocycles. The van der Waals surface area contributed by atoms with E-state index < -0.39 is 0 Å². The average molecular weight is 360 g/mol. The van der Waals surface area contributed by atoms with Gasteiger partial charge in [-0.2, -0.15) is 0 Å². The summed E-state index contributed by atoms with van der Waals surface area (Å²) in [6, 6.07) is 16.1. The highest BCUT2D eigenvalue weighted by molar-refractivity contribution is 5.96. The van der Waals surface area contributed by atoms with Crippen LogP contribution in [0, 0.1) is 13.8 Å². The molecule has 2 aromatic heterocycles. The molecular formula is C22H24N4O. The predicted molar refractivity (Wildman–Crippen MR) is 106 cm³/mol. The SMILES string of the molecule is Cc1cc(C(=O)N2CCNCC2c2cccnc2)c(C)n1-c1ccccc1. The van der Waals surface area contributed by atoms with Gasteiger partial charge in [0.1, 0.15) is 0 Å². The van der Waals surface area contributed by atoms with Gasteiger partial charge in [-0.05, 0) is 43.7 Å². The molecule has 1 saturated heterocycles. The number of nitrogens with zero attached hydrogens (tertiary/aromatic N) is 3. The Kier molecular flexibility index (Phi) is 4.77. The van der Waals surface area contributed by atoms with Gasteiger partial charge in [0.25, 0.3) is 5.91 Å². The Hall–Kier alpha value is -2.92. The van der Waals surface area contributed by atoms with Gasteiger partial charge in [-0.1, -0.05) is 24.3 Å². The van der Waals surface area contributed by atoms with Gasteiger partial charge in [-0.3, -0.25) is 9.78 Å². The lowest BCUT2D eigenvalue weighted by molar-refractivity contribution is 0.0633. The Labute approximate surface area is 159 Å². The van der Waals surface area contributed by atoms with Crippen LogP contribution < -0.4 is 5.32 Å². The standard InChI is InChI=1S/C22H24N4O/c1-16-13-20(17(2)26(16)19-8-4-3-5-9-19)22(27)25-12-11-24-15-21(25)18-7-6-10-23-14-18/h3-10,13-14,21,24H,11-12,15H2,1-2H3. The number of hydrogen-bond acceptors (Lipinski definition) is 3. The number of nitrogens with one attached hydrogen (secondary N) is 1. The maximum absolute atomic E-state index is 13.5. The topological polar surface area (TPSA) is 50.2 Å². The van der Waals surface area contributed by atoms with Crippen molar-refractivity contribution in [2.45, 2.75) is 19.9 Å². The molecule has 0 spiro atoms. The van der Waals surface area contributed by atoms with E-state index in [0.717, 1.165) is 41.3 Å². The average Bonchev–Trinajstić information content (AvgIpc) is 3.03. The van der Waals surface area contributed by atoms with E-state index in [1.165, 1.54) is 0 Å². The normalized spacial score (nSPS) is 17.1. The van der Waals surface area contributed by atoms with Crippen molar-refractivity contribution in [3.05, 3.63) is 83.4 Å². The largest absolute Gasteiger partial charge is 0.329 e. The van der Waals surface area contributed by atoms with E-state index >= 15 is 0 Å². The van der Waals surface area contributed by atoms with Gasteiger partial charge < -0.3 is 14.8 Å². The van der Waals surface area contributed by atoms with Gasteiger partial charge in [0.05, 0.1) is 11.6 Å². The smallest absolute Gasteiger partial charge is 0.256 e. The van der Waals surface area contributed by atoms with Crippen LogP contribution in [0.2, 0.25) is 0 Å². The summed E-state index contributed by atoms with van der Waals surface area (Å²) < 4.78 is 2.15. The van der Waals surface area contributed by atoms with Crippen LogP contribution >= 0.6 is 0 Å². The Morgan fingerprint density at radius 3 is 2.70 bits per heavy atom. The summed E-state index contributed by atoms with van der Waals surface area (Å²) in [6.07, 6.45) is 3.62. The molecule has 27 heavy (non-hydrogen) atoms. The van der Waals surface area contributed by atoms with Gasteiger partial charge in [0.2, 0.25) is 0 Å². The van der Waals surface area contributed by atoms with Crippen LogP contribution in [0.15, 0.2) is 60.9 Å². The summed E-state index contributed by atoms with van der Waals surface area (Å²) in [7, 11) is 0. The molecule has 0 bridgehead atoms. The highest BCUT2D eigenvalue weighted by Crippen LogP contribution is 2.27. The van der Waals surface area contributed by atoms with Crippen molar-refractivity contribution in [2.24, 2.45) is 0 Å².